The molecule has 0 bridgehead atoms. The molecule has 1 aliphatic heterocycles. The van der Waals surface area contributed by atoms with Gasteiger partial charge in [0.1, 0.15) is 0 Å². The minimum atomic E-state index is -3.46. The molecule has 1 saturated heterocycles. The lowest BCUT2D eigenvalue weighted by molar-refractivity contribution is 0.0217. The van der Waals surface area contributed by atoms with E-state index in [4.69, 9.17) is 0 Å². The van der Waals surface area contributed by atoms with E-state index in [2.05, 4.69) is 6.92 Å². The van der Waals surface area contributed by atoms with Gasteiger partial charge in [0.05, 0.1) is 4.90 Å². The number of nitrogens with zero attached hydrogens (tertiary/aromatic N) is 2. The van der Waals surface area contributed by atoms with Crippen LogP contribution in [-0.4, -0.2) is 50.2 Å². The molecule has 3 rings (SSSR count). The number of rotatable bonds is 3. The first-order valence-corrected chi connectivity index (χ1v) is 10.6. The van der Waals surface area contributed by atoms with Gasteiger partial charge in [-0.2, -0.15) is 0 Å². The minimum absolute atomic E-state index is 0.0394. The van der Waals surface area contributed by atoms with Crippen LogP contribution in [0.15, 0.2) is 29.2 Å². The van der Waals surface area contributed by atoms with Gasteiger partial charge >= 0.3 is 0 Å². The molecule has 0 N–H and O–H groups in total. The predicted octanol–water partition coefficient (Wildman–Crippen LogP) is 2.98. The Labute approximate surface area is 151 Å². The Morgan fingerprint density at radius 1 is 1.08 bits per heavy atom. The van der Waals surface area contributed by atoms with E-state index in [9.17, 15) is 13.2 Å². The number of hydrogen-bond acceptors (Lipinski definition) is 3. The van der Waals surface area contributed by atoms with Crippen molar-refractivity contribution in [3.63, 3.8) is 0 Å². The Morgan fingerprint density at radius 2 is 1.72 bits per heavy atom. The average molecular weight is 365 g/mol. The molecule has 25 heavy (non-hydrogen) atoms. The third-order valence-corrected chi connectivity index (χ3v) is 7.71. The van der Waals surface area contributed by atoms with Crippen molar-refractivity contribution in [2.75, 3.05) is 20.6 Å². The van der Waals surface area contributed by atoms with Crippen molar-refractivity contribution in [3.05, 3.63) is 29.8 Å². The van der Waals surface area contributed by atoms with E-state index in [1.54, 1.807) is 12.1 Å². The standard InChI is InChI=1S/C19H28N2O3S/c1-14-12-13-21(18-7-5-4-6-17(14)18)19(22)15-8-10-16(11-9-15)25(23,24)20(2)3/h8-11,14,17-18H,4-7,12-13H2,1-3H3/t14-,17-,18-/m1/s1. The SMILES string of the molecule is C[C@@H]1CCN(C(=O)c2ccc(S(=O)(=O)N(C)C)cc2)[C@@H]2CCCC[C@H]12. The first kappa shape index (κ1) is 18.4. The van der Waals surface area contributed by atoms with Crippen molar-refractivity contribution in [2.24, 2.45) is 11.8 Å². The highest BCUT2D eigenvalue weighted by Gasteiger charge is 2.39. The van der Waals surface area contributed by atoms with Gasteiger partial charge in [-0.25, -0.2) is 12.7 Å². The molecule has 0 unspecified atom stereocenters. The molecule has 6 heteroatoms. The zero-order chi connectivity index (χ0) is 18.2. The van der Waals surface area contributed by atoms with Gasteiger partial charge in [-0.05, 0) is 55.4 Å². The van der Waals surface area contributed by atoms with Crippen LogP contribution in [-0.2, 0) is 10.0 Å². The number of piperidine rings is 1. The summed E-state index contributed by atoms with van der Waals surface area (Å²) in [5.74, 6) is 1.33. The molecule has 0 spiro atoms. The van der Waals surface area contributed by atoms with Crippen molar-refractivity contribution < 1.29 is 13.2 Å². The zero-order valence-corrected chi connectivity index (χ0v) is 16.1. The van der Waals surface area contributed by atoms with Gasteiger partial charge in [-0.15, -0.1) is 0 Å². The van der Waals surface area contributed by atoms with Crippen LogP contribution in [0.25, 0.3) is 0 Å². The maximum Gasteiger partial charge on any atom is 0.254 e. The van der Waals surface area contributed by atoms with Gasteiger partial charge in [0.2, 0.25) is 10.0 Å². The number of sulfonamides is 1. The molecule has 0 radical (unpaired) electrons. The molecule has 2 aliphatic rings. The summed E-state index contributed by atoms with van der Waals surface area (Å²) in [7, 11) is -0.449. The zero-order valence-electron chi connectivity index (χ0n) is 15.3. The van der Waals surface area contributed by atoms with Crippen molar-refractivity contribution in [3.8, 4) is 0 Å². The van der Waals surface area contributed by atoms with Crippen LogP contribution in [0.4, 0.5) is 0 Å². The molecule has 0 aromatic heterocycles. The van der Waals surface area contributed by atoms with Crippen molar-refractivity contribution in [2.45, 2.75) is 50.0 Å². The van der Waals surface area contributed by atoms with Crippen molar-refractivity contribution >= 4 is 15.9 Å². The average Bonchev–Trinajstić information content (AvgIpc) is 2.62. The highest BCUT2D eigenvalue weighted by Crippen LogP contribution is 2.39. The van der Waals surface area contributed by atoms with Crippen LogP contribution in [0.1, 0.15) is 49.4 Å². The number of hydrogen-bond donors (Lipinski definition) is 0. The second-order valence-corrected chi connectivity index (χ2v) is 9.74. The van der Waals surface area contributed by atoms with Crippen LogP contribution in [0.3, 0.4) is 0 Å². The predicted molar refractivity (Wildman–Crippen MR) is 97.9 cm³/mol. The number of fused-ring (bicyclic) bond motifs is 1. The third kappa shape index (κ3) is 3.47. The Balaban J connectivity index is 1.81. The summed E-state index contributed by atoms with van der Waals surface area (Å²) < 4.78 is 25.5. The molecule has 1 heterocycles. The second-order valence-electron chi connectivity index (χ2n) is 7.59. The number of carbonyl (C=O) groups excluding carboxylic acids is 1. The molecule has 2 fully saturated rings. The first-order valence-electron chi connectivity index (χ1n) is 9.16. The largest absolute Gasteiger partial charge is 0.335 e. The smallest absolute Gasteiger partial charge is 0.254 e. The molecule has 3 atom stereocenters. The topological polar surface area (TPSA) is 57.7 Å². The quantitative estimate of drug-likeness (QED) is 0.828. The molecule has 1 saturated carbocycles. The molecule has 138 valence electrons. The molecular weight excluding hydrogens is 336 g/mol. The third-order valence-electron chi connectivity index (χ3n) is 5.88. The molecule has 1 amide bonds. The Morgan fingerprint density at radius 3 is 2.36 bits per heavy atom. The maximum absolute atomic E-state index is 13.0. The van der Waals surface area contributed by atoms with Gasteiger partial charge in [-0.1, -0.05) is 19.8 Å². The van der Waals surface area contributed by atoms with Crippen LogP contribution < -0.4 is 0 Å². The monoisotopic (exact) mass is 364 g/mol. The van der Waals surface area contributed by atoms with Crippen molar-refractivity contribution in [1.82, 2.24) is 9.21 Å². The van der Waals surface area contributed by atoms with E-state index >= 15 is 0 Å². The molecule has 5 nitrogen and oxygen atoms in total. The van der Waals surface area contributed by atoms with E-state index in [1.165, 1.54) is 49.8 Å². The Kier molecular flexibility index (Phi) is 5.21. The Bertz CT molecular complexity index is 728. The molecular formula is C19H28N2O3S. The second kappa shape index (κ2) is 7.08. The summed E-state index contributed by atoms with van der Waals surface area (Å²) in [6, 6.07) is 6.71. The van der Waals surface area contributed by atoms with E-state index < -0.39 is 10.0 Å². The number of carbonyl (C=O) groups is 1. The maximum atomic E-state index is 13.0. The molecule has 1 aromatic carbocycles. The fourth-order valence-corrected chi connectivity index (χ4v) is 5.21. The highest BCUT2D eigenvalue weighted by molar-refractivity contribution is 7.89. The van der Waals surface area contributed by atoms with Crippen LogP contribution in [0, 0.1) is 11.8 Å². The number of likely N-dealkylation sites (tertiary alicyclic amines) is 1. The van der Waals surface area contributed by atoms with E-state index in [1.807, 2.05) is 4.90 Å². The summed E-state index contributed by atoms with van der Waals surface area (Å²) in [4.78, 5) is 15.3. The summed E-state index contributed by atoms with van der Waals surface area (Å²) >= 11 is 0. The van der Waals surface area contributed by atoms with E-state index in [-0.39, 0.29) is 10.8 Å². The first-order chi connectivity index (χ1) is 11.8. The van der Waals surface area contributed by atoms with E-state index in [0.29, 0.717) is 23.4 Å². The van der Waals surface area contributed by atoms with Gasteiger partial charge < -0.3 is 4.90 Å². The summed E-state index contributed by atoms with van der Waals surface area (Å²) in [5.41, 5.74) is 0.580. The summed E-state index contributed by atoms with van der Waals surface area (Å²) in [6.45, 7) is 3.12. The molecule has 1 aromatic rings. The molecule has 1 aliphatic carbocycles. The lowest BCUT2D eigenvalue weighted by atomic mass is 9.72. The van der Waals surface area contributed by atoms with E-state index in [0.717, 1.165) is 19.4 Å². The normalized spacial score (nSPS) is 27.2. The fourth-order valence-electron chi connectivity index (χ4n) is 4.31. The van der Waals surface area contributed by atoms with Gasteiger partial charge in [-0.3, -0.25) is 4.79 Å². The number of benzene rings is 1. The van der Waals surface area contributed by atoms with Gasteiger partial charge in [0.15, 0.2) is 0 Å². The summed E-state index contributed by atoms with van der Waals surface area (Å²) in [5, 5.41) is 0. The summed E-state index contributed by atoms with van der Waals surface area (Å²) in [6.07, 6.45) is 5.83. The lowest BCUT2D eigenvalue weighted by Gasteiger charge is -2.47. The van der Waals surface area contributed by atoms with Gasteiger partial charge in [0, 0.05) is 32.2 Å². The fraction of sp³-hybridized carbons (Fsp3) is 0.632. The highest BCUT2D eigenvalue weighted by atomic mass is 32.2. The Hall–Kier alpha value is -1.40. The van der Waals surface area contributed by atoms with Crippen LogP contribution in [0.5, 0.6) is 0 Å². The number of amides is 1. The van der Waals surface area contributed by atoms with Crippen LogP contribution >= 0.6 is 0 Å². The van der Waals surface area contributed by atoms with Crippen molar-refractivity contribution in [1.29, 1.82) is 0 Å². The van der Waals surface area contributed by atoms with Gasteiger partial charge in [0.25, 0.3) is 5.91 Å². The lowest BCUT2D eigenvalue weighted by Crippen LogP contribution is -2.52. The minimum Gasteiger partial charge on any atom is -0.335 e. The van der Waals surface area contributed by atoms with Crippen LogP contribution in [0.2, 0.25) is 0 Å².